The van der Waals surface area contributed by atoms with E-state index in [1.165, 1.54) is 0 Å². The molecular weight excluding hydrogens is 224 g/mol. The lowest BCUT2D eigenvalue weighted by atomic mass is 9.89. The molecule has 16 heavy (non-hydrogen) atoms. The number of halogens is 1. The molecule has 3 nitrogen and oxygen atoms in total. The summed E-state index contributed by atoms with van der Waals surface area (Å²) in [7, 11) is 0. The minimum atomic E-state index is -0.242. The van der Waals surface area contributed by atoms with Crippen molar-refractivity contribution >= 4 is 17.5 Å². The van der Waals surface area contributed by atoms with Crippen molar-refractivity contribution in [3.8, 4) is 0 Å². The minimum Gasteiger partial charge on any atom is -0.347 e. The molecule has 0 radical (unpaired) electrons. The van der Waals surface area contributed by atoms with E-state index >= 15 is 0 Å². The number of aromatic nitrogens is 1. The first-order chi connectivity index (χ1) is 7.59. The number of carbonyl (C=O) groups is 1. The lowest BCUT2D eigenvalue weighted by molar-refractivity contribution is -0.121. The Morgan fingerprint density at radius 2 is 2.44 bits per heavy atom. The van der Waals surface area contributed by atoms with E-state index in [4.69, 9.17) is 11.6 Å². The topological polar surface area (TPSA) is 42.0 Å². The molecule has 4 heteroatoms. The maximum atomic E-state index is 11.3. The predicted molar refractivity (Wildman–Crippen MR) is 63.4 cm³/mol. The molecule has 2 rings (SSSR count). The second-order valence-electron chi connectivity index (χ2n) is 4.24. The average Bonchev–Trinajstić information content (AvgIpc) is 2.59. The van der Waals surface area contributed by atoms with Crippen molar-refractivity contribution < 1.29 is 4.79 Å². The van der Waals surface area contributed by atoms with Crippen LogP contribution in [0.5, 0.6) is 0 Å². The van der Waals surface area contributed by atoms with Crippen LogP contribution in [0, 0.1) is 0 Å². The van der Waals surface area contributed by atoms with Crippen LogP contribution < -0.4 is 5.32 Å². The van der Waals surface area contributed by atoms with Gasteiger partial charge in [0.1, 0.15) is 5.15 Å². The zero-order valence-electron chi connectivity index (χ0n) is 9.51. The molecule has 0 bridgehead atoms. The highest BCUT2D eigenvalue weighted by atomic mass is 35.5. The third-order valence-electron chi connectivity index (χ3n) is 3.34. The van der Waals surface area contributed by atoms with Crippen LogP contribution in [0.2, 0.25) is 5.15 Å². The van der Waals surface area contributed by atoms with Gasteiger partial charge in [0.25, 0.3) is 0 Å². The van der Waals surface area contributed by atoms with Gasteiger partial charge in [-0.05, 0) is 36.5 Å². The summed E-state index contributed by atoms with van der Waals surface area (Å²) in [5, 5.41) is 3.63. The molecule has 0 saturated heterocycles. The number of fused-ring (bicyclic) bond motifs is 1. The Labute approximate surface area is 100 Å². The Balaban J connectivity index is 2.47. The fourth-order valence-corrected chi connectivity index (χ4v) is 2.80. The fourth-order valence-electron chi connectivity index (χ4n) is 2.55. The molecule has 0 saturated carbocycles. The van der Waals surface area contributed by atoms with Crippen molar-refractivity contribution in [2.24, 2.45) is 0 Å². The Hall–Kier alpha value is -1.09. The number of nitrogens with one attached hydrogen (secondary N) is 1. The van der Waals surface area contributed by atoms with Gasteiger partial charge in [-0.2, -0.15) is 0 Å². The van der Waals surface area contributed by atoms with Crippen molar-refractivity contribution in [2.75, 3.05) is 0 Å². The van der Waals surface area contributed by atoms with E-state index in [2.05, 4.69) is 17.2 Å². The Bertz CT molecular complexity index is 433. The van der Waals surface area contributed by atoms with Gasteiger partial charge in [0, 0.05) is 13.1 Å². The van der Waals surface area contributed by atoms with Gasteiger partial charge < -0.3 is 5.32 Å². The number of carbonyl (C=O) groups excluding carboxylic acids is 1. The highest BCUT2D eigenvalue weighted by molar-refractivity contribution is 6.30. The van der Waals surface area contributed by atoms with Gasteiger partial charge in [0.15, 0.2) is 0 Å². The Kier molecular flexibility index (Phi) is 2.89. The highest BCUT2D eigenvalue weighted by Crippen LogP contribution is 2.41. The van der Waals surface area contributed by atoms with E-state index in [1.807, 2.05) is 6.07 Å². The average molecular weight is 239 g/mol. The van der Waals surface area contributed by atoms with E-state index in [1.54, 1.807) is 13.1 Å². The Morgan fingerprint density at radius 1 is 1.69 bits per heavy atom. The molecular formula is C12H15ClN2O. The fraction of sp³-hybridized carbons (Fsp3) is 0.500. The lowest BCUT2D eigenvalue weighted by Gasteiger charge is -2.30. The van der Waals surface area contributed by atoms with Gasteiger partial charge in [-0.3, -0.25) is 4.79 Å². The van der Waals surface area contributed by atoms with Crippen LogP contribution in [0.25, 0.3) is 0 Å². The Morgan fingerprint density at radius 3 is 3.06 bits per heavy atom. The maximum Gasteiger partial charge on any atom is 0.217 e. The summed E-state index contributed by atoms with van der Waals surface area (Å²) in [6.45, 7) is 3.64. The van der Waals surface area contributed by atoms with E-state index in [0.29, 0.717) is 5.15 Å². The van der Waals surface area contributed by atoms with Crippen LogP contribution in [-0.2, 0) is 16.8 Å². The summed E-state index contributed by atoms with van der Waals surface area (Å²) in [4.78, 5) is 15.4. The van der Waals surface area contributed by atoms with Gasteiger partial charge in [0.2, 0.25) is 5.91 Å². The normalized spacial score (nSPS) is 22.9. The van der Waals surface area contributed by atoms with Crippen LogP contribution in [0.1, 0.15) is 37.8 Å². The second kappa shape index (κ2) is 4.06. The van der Waals surface area contributed by atoms with Crippen LogP contribution >= 0.6 is 11.6 Å². The molecule has 1 amide bonds. The van der Waals surface area contributed by atoms with Gasteiger partial charge >= 0.3 is 0 Å². The molecule has 86 valence electrons. The first-order valence-corrected chi connectivity index (χ1v) is 5.89. The smallest absolute Gasteiger partial charge is 0.217 e. The zero-order chi connectivity index (χ0) is 11.8. The summed E-state index contributed by atoms with van der Waals surface area (Å²) < 4.78 is 0. The molecule has 0 aromatic carbocycles. The van der Waals surface area contributed by atoms with Crippen molar-refractivity contribution in [3.05, 3.63) is 28.5 Å². The molecule has 1 heterocycles. The second-order valence-corrected chi connectivity index (χ2v) is 4.60. The summed E-state index contributed by atoms with van der Waals surface area (Å²) >= 11 is 6.07. The summed E-state index contributed by atoms with van der Waals surface area (Å²) in [5.74, 6) is 0.00244. The van der Waals surface area contributed by atoms with E-state index in [-0.39, 0.29) is 11.4 Å². The van der Waals surface area contributed by atoms with Gasteiger partial charge in [-0.15, -0.1) is 0 Å². The lowest BCUT2D eigenvalue weighted by Crippen LogP contribution is -2.42. The quantitative estimate of drug-likeness (QED) is 0.804. The van der Waals surface area contributed by atoms with E-state index < -0.39 is 0 Å². The van der Waals surface area contributed by atoms with Crippen molar-refractivity contribution in [3.63, 3.8) is 0 Å². The molecule has 0 spiro atoms. The third kappa shape index (κ3) is 1.69. The number of hydrogen-bond acceptors (Lipinski definition) is 2. The zero-order valence-corrected chi connectivity index (χ0v) is 10.3. The standard InChI is InChI=1S/C12H15ClN2O/c1-3-12(15-8(2)16)6-4-9-10(12)5-7-14-11(9)13/h5,7H,3-4,6H2,1-2H3,(H,15,16). The van der Waals surface area contributed by atoms with Gasteiger partial charge in [-0.1, -0.05) is 18.5 Å². The van der Waals surface area contributed by atoms with Gasteiger partial charge in [0.05, 0.1) is 5.54 Å². The van der Waals surface area contributed by atoms with Gasteiger partial charge in [-0.25, -0.2) is 4.98 Å². The number of amides is 1. The molecule has 1 N–H and O–H groups in total. The van der Waals surface area contributed by atoms with Crippen LogP contribution in [0.15, 0.2) is 12.3 Å². The molecule has 1 aliphatic rings. The summed E-state index contributed by atoms with van der Waals surface area (Å²) in [5.41, 5.74) is 1.97. The maximum absolute atomic E-state index is 11.3. The van der Waals surface area contributed by atoms with Crippen molar-refractivity contribution in [2.45, 2.75) is 38.6 Å². The van der Waals surface area contributed by atoms with E-state index in [9.17, 15) is 4.79 Å². The van der Waals surface area contributed by atoms with Crippen LogP contribution in [-0.4, -0.2) is 10.9 Å². The number of rotatable bonds is 2. The largest absolute Gasteiger partial charge is 0.347 e. The van der Waals surface area contributed by atoms with Crippen molar-refractivity contribution in [1.82, 2.24) is 10.3 Å². The van der Waals surface area contributed by atoms with E-state index in [0.717, 1.165) is 30.4 Å². The monoisotopic (exact) mass is 238 g/mol. The molecule has 1 aromatic rings. The summed E-state index contributed by atoms with van der Waals surface area (Å²) in [6, 6.07) is 1.97. The first-order valence-electron chi connectivity index (χ1n) is 5.51. The molecule has 0 aliphatic heterocycles. The highest BCUT2D eigenvalue weighted by Gasteiger charge is 2.38. The SMILES string of the molecule is CCC1(NC(C)=O)CCc2c1ccnc2Cl. The summed E-state index contributed by atoms with van der Waals surface area (Å²) in [6.07, 6.45) is 4.37. The molecule has 0 fully saturated rings. The van der Waals surface area contributed by atoms with Crippen molar-refractivity contribution in [1.29, 1.82) is 0 Å². The predicted octanol–water partition coefficient (Wildman–Crippen LogP) is 2.42. The third-order valence-corrected chi connectivity index (χ3v) is 3.67. The number of hydrogen-bond donors (Lipinski definition) is 1. The molecule has 1 unspecified atom stereocenters. The molecule has 1 aliphatic carbocycles. The van der Waals surface area contributed by atoms with Crippen LogP contribution in [0.3, 0.4) is 0 Å². The minimum absolute atomic E-state index is 0.00244. The first kappa shape index (κ1) is 11.4. The van der Waals surface area contributed by atoms with Crippen LogP contribution in [0.4, 0.5) is 0 Å². The number of pyridine rings is 1. The number of nitrogens with zero attached hydrogens (tertiary/aromatic N) is 1. The molecule has 1 atom stereocenters. The molecule has 1 aromatic heterocycles.